The molecule has 0 spiro atoms. The molecule has 7 nitrogen and oxygen atoms in total. The van der Waals surface area contributed by atoms with Crippen LogP contribution in [0.5, 0.6) is 0 Å². The second-order valence-corrected chi connectivity index (χ2v) is 7.83. The van der Waals surface area contributed by atoms with Gasteiger partial charge >= 0.3 is 5.97 Å². The van der Waals surface area contributed by atoms with Crippen molar-refractivity contribution >= 4 is 11.9 Å². The summed E-state index contributed by atoms with van der Waals surface area (Å²) in [7, 11) is 0. The normalized spacial score (nSPS) is 14.4. The molecule has 1 saturated heterocycles. The predicted octanol–water partition coefficient (Wildman–Crippen LogP) is 3.96. The molecule has 0 unspecified atom stereocenters. The number of ether oxygens (including phenoxy) is 1. The van der Waals surface area contributed by atoms with Crippen LogP contribution in [0.4, 0.5) is 4.39 Å². The Kier molecular flexibility index (Phi) is 6.58. The van der Waals surface area contributed by atoms with E-state index >= 15 is 0 Å². The summed E-state index contributed by atoms with van der Waals surface area (Å²) in [6.07, 6.45) is 1.19. The number of carbonyl (C=O) groups excluding carboxylic acids is 2. The van der Waals surface area contributed by atoms with Gasteiger partial charge in [-0.15, -0.1) is 10.2 Å². The minimum Gasteiger partial charge on any atom is -0.462 e. The molecule has 4 rings (SSSR count). The molecule has 1 aliphatic rings. The van der Waals surface area contributed by atoms with Crippen LogP contribution in [-0.4, -0.2) is 46.2 Å². The van der Waals surface area contributed by atoms with Gasteiger partial charge < -0.3 is 14.1 Å². The number of halogens is 1. The van der Waals surface area contributed by atoms with Gasteiger partial charge in [0.05, 0.1) is 12.0 Å². The molecular formula is C24H24FN3O4. The number of aryl methyl sites for hydroxylation is 2. The highest BCUT2D eigenvalue weighted by Gasteiger charge is 2.27. The Labute approximate surface area is 185 Å². The number of carbonyl (C=O) groups is 2. The van der Waals surface area contributed by atoms with Crippen molar-refractivity contribution in [3.63, 3.8) is 0 Å². The fourth-order valence-electron chi connectivity index (χ4n) is 3.60. The van der Waals surface area contributed by atoms with Crippen molar-refractivity contribution < 1.29 is 23.1 Å². The number of esters is 1. The van der Waals surface area contributed by atoms with Crippen LogP contribution < -0.4 is 0 Å². The van der Waals surface area contributed by atoms with Gasteiger partial charge in [-0.05, 0) is 31.2 Å². The standard InChI is InChI=1S/C24H24FN3O4/c1-16-6-8-17(9-7-16)23-27-26-21(32-23)10-11-22(29)31-18-12-14-28(15-13-18)24(30)19-4-2-3-5-20(19)25/h2-9,18H,10-15H2,1H3. The van der Waals surface area contributed by atoms with Crippen molar-refractivity contribution in [3.05, 3.63) is 71.4 Å². The van der Waals surface area contributed by atoms with Crippen LogP contribution in [0, 0.1) is 12.7 Å². The molecule has 1 aromatic heterocycles. The largest absolute Gasteiger partial charge is 0.462 e. The Balaban J connectivity index is 1.22. The molecule has 1 aliphatic heterocycles. The number of aromatic nitrogens is 2. The van der Waals surface area contributed by atoms with E-state index in [-0.39, 0.29) is 30.0 Å². The Bertz CT molecular complexity index is 1090. The van der Waals surface area contributed by atoms with Gasteiger partial charge in [0.25, 0.3) is 5.91 Å². The minimum absolute atomic E-state index is 0.0625. The molecule has 0 bridgehead atoms. The quantitative estimate of drug-likeness (QED) is 0.543. The van der Waals surface area contributed by atoms with Crippen molar-refractivity contribution in [3.8, 4) is 11.5 Å². The molecule has 1 amide bonds. The molecule has 8 heteroatoms. The van der Waals surface area contributed by atoms with Crippen molar-refractivity contribution in [2.24, 2.45) is 0 Å². The minimum atomic E-state index is -0.530. The third kappa shape index (κ3) is 5.19. The molecule has 0 N–H and O–H groups in total. The lowest BCUT2D eigenvalue weighted by molar-refractivity contribution is -0.150. The SMILES string of the molecule is Cc1ccc(-c2nnc(CCC(=O)OC3CCN(C(=O)c4ccccc4F)CC3)o2)cc1. The Hall–Kier alpha value is -3.55. The smallest absolute Gasteiger partial charge is 0.306 e. The van der Waals surface area contributed by atoms with E-state index in [2.05, 4.69) is 10.2 Å². The number of rotatable bonds is 6. The van der Waals surface area contributed by atoms with E-state index in [4.69, 9.17) is 9.15 Å². The first-order chi connectivity index (χ1) is 15.5. The van der Waals surface area contributed by atoms with Gasteiger partial charge in [0, 0.05) is 37.9 Å². The zero-order valence-corrected chi connectivity index (χ0v) is 17.8. The van der Waals surface area contributed by atoms with Crippen LogP contribution in [0.3, 0.4) is 0 Å². The average molecular weight is 437 g/mol. The lowest BCUT2D eigenvalue weighted by Gasteiger charge is -2.31. The van der Waals surface area contributed by atoms with Gasteiger partial charge in [-0.2, -0.15) is 0 Å². The lowest BCUT2D eigenvalue weighted by Crippen LogP contribution is -2.41. The number of hydrogen-bond donors (Lipinski definition) is 0. The molecule has 166 valence electrons. The summed E-state index contributed by atoms with van der Waals surface area (Å²) < 4.78 is 25.0. The summed E-state index contributed by atoms with van der Waals surface area (Å²) in [5.74, 6) is -0.423. The second-order valence-electron chi connectivity index (χ2n) is 7.83. The number of piperidine rings is 1. The van der Waals surface area contributed by atoms with Crippen molar-refractivity contribution in [1.82, 2.24) is 15.1 Å². The lowest BCUT2D eigenvalue weighted by atomic mass is 10.1. The van der Waals surface area contributed by atoms with Gasteiger partial charge in [0.1, 0.15) is 11.9 Å². The number of amides is 1. The molecule has 1 fully saturated rings. The van der Waals surface area contributed by atoms with Crippen molar-refractivity contribution in [2.45, 2.75) is 38.7 Å². The highest BCUT2D eigenvalue weighted by Crippen LogP contribution is 2.20. The van der Waals surface area contributed by atoms with E-state index in [0.29, 0.717) is 44.1 Å². The topological polar surface area (TPSA) is 85.5 Å². The molecular weight excluding hydrogens is 413 g/mol. The average Bonchev–Trinajstić information content (AvgIpc) is 3.28. The summed E-state index contributed by atoms with van der Waals surface area (Å²) in [5, 5.41) is 8.03. The van der Waals surface area contributed by atoms with Crippen molar-refractivity contribution in [2.75, 3.05) is 13.1 Å². The summed E-state index contributed by atoms with van der Waals surface area (Å²) in [6.45, 7) is 2.82. The summed E-state index contributed by atoms with van der Waals surface area (Å²) >= 11 is 0. The van der Waals surface area contributed by atoms with Gasteiger partial charge in [0.2, 0.25) is 11.8 Å². The molecule has 0 saturated carbocycles. The molecule has 2 heterocycles. The molecule has 2 aromatic carbocycles. The number of likely N-dealkylation sites (tertiary alicyclic amines) is 1. The molecule has 3 aromatic rings. The fourth-order valence-corrected chi connectivity index (χ4v) is 3.60. The summed E-state index contributed by atoms with van der Waals surface area (Å²) in [4.78, 5) is 26.3. The van der Waals surface area contributed by atoms with E-state index in [0.717, 1.165) is 11.1 Å². The molecule has 32 heavy (non-hydrogen) atoms. The van der Waals surface area contributed by atoms with Gasteiger partial charge in [-0.3, -0.25) is 9.59 Å². The van der Waals surface area contributed by atoms with Crippen LogP contribution >= 0.6 is 0 Å². The Morgan fingerprint density at radius 1 is 1.09 bits per heavy atom. The van der Waals surface area contributed by atoms with E-state index in [1.165, 1.54) is 12.1 Å². The summed E-state index contributed by atoms with van der Waals surface area (Å²) in [5.41, 5.74) is 2.03. The van der Waals surface area contributed by atoms with Crippen LogP contribution in [0.15, 0.2) is 52.9 Å². The fraction of sp³-hybridized carbons (Fsp3) is 0.333. The summed E-state index contributed by atoms with van der Waals surface area (Å²) in [6, 6.07) is 13.7. The number of nitrogens with zero attached hydrogens (tertiary/aromatic N) is 3. The van der Waals surface area contributed by atoms with Crippen LogP contribution in [0.2, 0.25) is 0 Å². The third-order valence-corrected chi connectivity index (χ3v) is 5.44. The first kappa shape index (κ1) is 21.7. The number of benzene rings is 2. The first-order valence-corrected chi connectivity index (χ1v) is 10.6. The number of hydrogen-bond acceptors (Lipinski definition) is 6. The van der Waals surface area contributed by atoms with Crippen LogP contribution in [0.1, 0.15) is 41.1 Å². The zero-order chi connectivity index (χ0) is 22.5. The van der Waals surface area contributed by atoms with Crippen LogP contribution in [-0.2, 0) is 16.0 Å². The second kappa shape index (κ2) is 9.72. The maximum atomic E-state index is 13.8. The molecule has 0 aliphatic carbocycles. The zero-order valence-electron chi connectivity index (χ0n) is 17.8. The van der Waals surface area contributed by atoms with Gasteiger partial charge in [-0.1, -0.05) is 29.8 Å². The Morgan fingerprint density at radius 3 is 2.53 bits per heavy atom. The third-order valence-electron chi connectivity index (χ3n) is 5.44. The van der Waals surface area contributed by atoms with E-state index < -0.39 is 5.82 Å². The van der Waals surface area contributed by atoms with E-state index in [9.17, 15) is 14.0 Å². The maximum Gasteiger partial charge on any atom is 0.306 e. The monoisotopic (exact) mass is 437 g/mol. The van der Waals surface area contributed by atoms with E-state index in [1.54, 1.807) is 17.0 Å². The van der Waals surface area contributed by atoms with Crippen molar-refractivity contribution in [1.29, 1.82) is 0 Å². The predicted molar refractivity (Wildman–Crippen MR) is 114 cm³/mol. The molecule has 0 radical (unpaired) electrons. The highest BCUT2D eigenvalue weighted by molar-refractivity contribution is 5.94. The van der Waals surface area contributed by atoms with Gasteiger partial charge in [0.15, 0.2) is 0 Å². The highest BCUT2D eigenvalue weighted by atomic mass is 19.1. The maximum absolute atomic E-state index is 13.8. The van der Waals surface area contributed by atoms with Crippen LogP contribution in [0.25, 0.3) is 11.5 Å². The molecule has 0 atom stereocenters. The Morgan fingerprint density at radius 2 is 1.81 bits per heavy atom. The first-order valence-electron chi connectivity index (χ1n) is 10.6. The van der Waals surface area contributed by atoms with Gasteiger partial charge in [-0.25, -0.2) is 4.39 Å². The van der Waals surface area contributed by atoms with E-state index in [1.807, 2.05) is 31.2 Å².